The van der Waals surface area contributed by atoms with Gasteiger partial charge in [0, 0.05) is 10.9 Å². The van der Waals surface area contributed by atoms with Gasteiger partial charge in [0.15, 0.2) is 0 Å². The fourth-order valence-electron chi connectivity index (χ4n) is 4.03. The molecule has 0 aliphatic carbocycles. The Bertz CT molecular complexity index is 1320. The van der Waals surface area contributed by atoms with Gasteiger partial charge < -0.3 is 15.2 Å². The molecule has 0 saturated heterocycles. The molecule has 1 heterocycles. The van der Waals surface area contributed by atoms with Crippen molar-refractivity contribution < 1.29 is 9.47 Å². The van der Waals surface area contributed by atoms with E-state index in [2.05, 4.69) is 12.1 Å². The van der Waals surface area contributed by atoms with E-state index in [1.165, 1.54) is 0 Å². The van der Waals surface area contributed by atoms with Crippen molar-refractivity contribution in [1.82, 2.24) is 0 Å². The standard InChI is InChI=1S/C27H20N2O2/c28-16-24-25(20-10-13-21(14-11-20)30-17-18-6-2-1-3-7-18)23-15-12-19-8-4-5-9-22(19)26(23)31-27(24)29/h1-15,25H,17,29H2/t25-/m0/s1. The smallest absolute Gasteiger partial charge is 0.205 e. The van der Waals surface area contributed by atoms with Crippen LogP contribution in [0, 0.1) is 11.3 Å². The van der Waals surface area contributed by atoms with Crippen molar-refractivity contribution in [3.05, 3.63) is 119 Å². The lowest BCUT2D eigenvalue weighted by molar-refractivity contribution is 0.306. The Morgan fingerprint density at radius 1 is 0.871 bits per heavy atom. The minimum atomic E-state index is -0.290. The first kappa shape index (κ1) is 18.8. The molecule has 2 N–H and O–H groups in total. The molecule has 4 nitrogen and oxygen atoms in total. The van der Waals surface area contributed by atoms with Gasteiger partial charge in [-0.2, -0.15) is 5.26 Å². The van der Waals surface area contributed by atoms with E-state index in [-0.39, 0.29) is 11.8 Å². The Morgan fingerprint density at radius 3 is 2.39 bits per heavy atom. The first-order valence-corrected chi connectivity index (χ1v) is 10.1. The highest BCUT2D eigenvalue weighted by Gasteiger charge is 2.31. The van der Waals surface area contributed by atoms with Crippen LogP contribution in [-0.2, 0) is 6.61 Å². The molecule has 1 aliphatic rings. The lowest BCUT2D eigenvalue weighted by Crippen LogP contribution is -2.21. The fourth-order valence-corrected chi connectivity index (χ4v) is 4.03. The molecule has 4 aromatic rings. The van der Waals surface area contributed by atoms with E-state index in [1.54, 1.807) is 0 Å². The molecule has 0 bridgehead atoms. The van der Waals surface area contributed by atoms with E-state index in [4.69, 9.17) is 15.2 Å². The highest BCUT2D eigenvalue weighted by Crippen LogP contribution is 2.45. The van der Waals surface area contributed by atoms with Crippen molar-refractivity contribution in [2.75, 3.05) is 0 Å². The van der Waals surface area contributed by atoms with Gasteiger partial charge in [-0.1, -0.05) is 78.9 Å². The number of rotatable bonds is 4. The maximum absolute atomic E-state index is 9.80. The van der Waals surface area contributed by atoms with Gasteiger partial charge in [0.2, 0.25) is 5.88 Å². The molecule has 4 heteroatoms. The summed E-state index contributed by atoms with van der Waals surface area (Å²) in [6.07, 6.45) is 0. The van der Waals surface area contributed by atoms with Crippen LogP contribution in [0.5, 0.6) is 11.5 Å². The van der Waals surface area contributed by atoms with E-state index in [0.717, 1.165) is 33.2 Å². The van der Waals surface area contributed by atoms with Gasteiger partial charge in [0.05, 0.1) is 5.92 Å². The van der Waals surface area contributed by atoms with Crippen LogP contribution in [-0.4, -0.2) is 0 Å². The first-order valence-electron chi connectivity index (χ1n) is 10.1. The highest BCUT2D eigenvalue weighted by molar-refractivity contribution is 5.90. The van der Waals surface area contributed by atoms with Crippen LogP contribution in [0.15, 0.2) is 102 Å². The number of allylic oxidation sites excluding steroid dienone is 1. The molecule has 4 aromatic carbocycles. The van der Waals surface area contributed by atoms with Crippen LogP contribution in [0.2, 0.25) is 0 Å². The Hall–Kier alpha value is -4.23. The molecule has 31 heavy (non-hydrogen) atoms. The summed E-state index contributed by atoms with van der Waals surface area (Å²) in [5, 5.41) is 11.9. The molecule has 150 valence electrons. The maximum atomic E-state index is 9.80. The lowest BCUT2D eigenvalue weighted by atomic mass is 9.82. The lowest BCUT2D eigenvalue weighted by Gasteiger charge is -2.27. The largest absolute Gasteiger partial charge is 0.489 e. The molecule has 0 saturated carbocycles. The summed E-state index contributed by atoms with van der Waals surface area (Å²) in [4.78, 5) is 0. The second-order valence-electron chi connectivity index (χ2n) is 7.47. The minimum Gasteiger partial charge on any atom is -0.489 e. The van der Waals surface area contributed by atoms with Gasteiger partial charge >= 0.3 is 0 Å². The average Bonchev–Trinajstić information content (AvgIpc) is 2.83. The van der Waals surface area contributed by atoms with Crippen molar-refractivity contribution in [3.8, 4) is 17.6 Å². The zero-order valence-corrected chi connectivity index (χ0v) is 16.8. The number of ether oxygens (including phenoxy) is 2. The van der Waals surface area contributed by atoms with Crippen LogP contribution in [0.4, 0.5) is 0 Å². The summed E-state index contributed by atoms with van der Waals surface area (Å²) in [7, 11) is 0. The molecule has 1 aliphatic heterocycles. The molecule has 0 fully saturated rings. The summed E-state index contributed by atoms with van der Waals surface area (Å²) in [5.41, 5.74) is 9.60. The average molecular weight is 404 g/mol. The van der Waals surface area contributed by atoms with Crippen LogP contribution >= 0.6 is 0 Å². The second kappa shape index (κ2) is 7.89. The van der Waals surface area contributed by atoms with Crippen molar-refractivity contribution in [3.63, 3.8) is 0 Å². The fraction of sp³-hybridized carbons (Fsp3) is 0.0741. The molecular formula is C27H20N2O2. The van der Waals surface area contributed by atoms with E-state index >= 15 is 0 Å². The molecule has 0 unspecified atom stereocenters. The summed E-state index contributed by atoms with van der Waals surface area (Å²) in [6.45, 7) is 0.503. The monoisotopic (exact) mass is 404 g/mol. The number of benzene rings is 4. The number of nitrogens with two attached hydrogens (primary N) is 1. The van der Waals surface area contributed by atoms with Crippen LogP contribution in [0.25, 0.3) is 10.8 Å². The molecule has 0 amide bonds. The number of hydrogen-bond donors (Lipinski definition) is 1. The van der Waals surface area contributed by atoms with Crippen LogP contribution < -0.4 is 15.2 Å². The van der Waals surface area contributed by atoms with Gasteiger partial charge in [0.25, 0.3) is 0 Å². The second-order valence-corrected chi connectivity index (χ2v) is 7.47. The van der Waals surface area contributed by atoms with Crippen molar-refractivity contribution in [1.29, 1.82) is 5.26 Å². The van der Waals surface area contributed by atoms with Crippen molar-refractivity contribution >= 4 is 10.8 Å². The van der Waals surface area contributed by atoms with E-state index in [0.29, 0.717) is 17.9 Å². The Balaban J connectivity index is 1.50. The SMILES string of the molecule is N#CC1=C(N)Oc2c(ccc3ccccc23)[C@@H]1c1ccc(OCc2ccccc2)cc1. The number of nitrogens with zero attached hydrogens (tertiary/aromatic N) is 1. The third-order valence-electron chi connectivity index (χ3n) is 5.57. The van der Waals surface area contributed by atoms with Gasteiger partial charge in [-0.25, -0.2) is 0 Å². The van der Waals surface area contributed by atoms with E-state index < -0.39 is 0 Å². The predicted octanol–water partition coefficient (Wildman–Crippen LogP) is 5.64. The molecule has 0 radical (unpaired) electrons. The van der Waals surface area contributed by atoms with Gasteiger partial charge in [-0.15, -0.1) is 0 Å². The topological polar surface area (TPSA) is 68.3 Å². The Kier molecular flexibility index (Phi) is 4.78. The third-order valence-corrected chi connectivity index (χ3v) is 5.57. The molecule has 0 aromatic heterocycles. The van der Waals surface area contributed by atoms with Crippen molar-refractivity contribution in [2.24, 2.45) is 5.73 Å². The predicted molar refractivity (Wildman–Crippen MR) is 120 cm³/mol. The van der Waals surface area contributed by atoms with Gasteiger partial charge in [0.1, 0.15) is 29.7 Å². The Morgan fingerprint density at radius 2 is 1.61 bits per heavy atom. The number of fused-ring (bicyclic) bond motifs is 3. The van der Waals surface area contributed by atoms with E-state index in [9.17, 15) is 5.26 Å². The normalized spacial score (nSPS) is 15.1. The number of nitriles is 1. The minimum absolute atomic E-state index is 0.153. The van der Waals surface area contributed by atoms with E-state index in [1.807, 2.05) is 84.9 Å². The van der Waals surface area contributed by atoms with Gasteiger partial charge in [-0.3, -0.25) is 0 Å². The summed E-state index contributed by atoms with van der Waals surface area (Å²) in [5.74, 6) is 1.35. The zero-order valence-electron chi connectivity index (χ0n) is 16.8. The molecule has 5 rings (SSSR count). The molecule has 1 atom stereocenters. The van der Waals surface area contributed by atoms with Gasteiger partial charge in [-0.05, 0) is 28.6 Å². The van der Waals surface area contributed by atoms with Crippen molar-refractivity contribution in [2.45, 2.75) is 12.5 Å². The van der Waals surface area contributed by atoms with Crippen LogP contribution in [0.3, 0.4) is 0 Å². The summed E-state index contributed by atoms with van der Waals surface area (Å²) < 4.78 is 11.8. The third kappa shape index (κ3) is 3.47. The Labute approximate surface area is 180 Å². The zero-order chi connectivity index (χ0) is 21.2. The summed E-state index contributed by atoms with van der Waals surface area (Å²) in [6, 6.07) is 32.2. The summed E-state index contributed by atoms with van der Waals surface area (Å²) >= 11 is 0. The molecule has 0 spiro atoms. The van der Waals surface area contributed by atoms with Crippen LogP contribution in [0.1, 0.15) is 22.6 Å². The number of hydrogen-bond acceptors (Lipinski definition) is 4. The quantitative estimate of drug-likeness (QED) is 0.478. The molecular weight excluding hydrogens is 384 g/mol. The highest BCUT2D eigenvalue weighted by atomic mass is 16.5. The first-order chi connectivity index (χ1) is 15.2. The maximum Gasteiger partial charge on any atom is 0.205 e.